The van der Waals surface area contributed by atoms with Gasteiger partial charge >= 0.3 is 0 Å². The van der Waals surface area contributed by atoms with Gasteiger partial charge in [0.25, 0.3) is 0 Å². The minimum atomic E-state index is 0.0501. The lowest BCUT2D eigenvalue weighted by Crippen LogP contribution is -2.50. The maximum absolute atomic E-state index is 5.28. The molecule has 0 radical (unpaired) electrons. The lowest BCUT2D eigenvalue weighted by Gasteiger charge is -2.34. The van der Waals surface area contributed by atoms with Crippen molar-refractivity contribution in [1.82, 2.24) is 10.6 Å². The van der Waals surface area contributed by atoms with Crippen LogP contribution in [0.5, 0.6) is 0 Å². The van der Waals surface area contributed by atoms with Gasteiger partial charge in [-0.05, 0) is 44.3 Å². The third-order valence-electron chi connectivity index (χ3n) is 2.24. The maximum Gasteiger partial charge on any atom is 0.166 e. The molecule has 0 fully saturated rings. The summed E-state index contributed by atoms with van der Waals surface area (Å²) in [4.78, 5) is 0. The maximum atomic E-state index is 5.28. The van der Waals surface area contributed by atoms with Crippen molar-refractivity contribution in [3.63, 3.8) is 0 Å². The van der Waals surface area contributed by atoms with Crippen LogP contribution in [0.15, 0.2) is 0 Å². The van der Waals surface area contributed by atoms with Crippen LogP contribution < -0.4 is 10.6 Å². The average molecular weight is 244 g/mol. The molecular weight excluding hydrogens is 216 g/mol. The van der Waals surface area contributed by atoms with Crippen LogP contribution in [0.3, 0.4) is 0 Å². The Labute approximate surface area is 107 Å². The Bertz CT molecular complexity index is 216. The minimum Gasteiger partial charge on any atom is -0.363 e. The summed E-state index contributed by atoms with van der Waals surface area (Å²) in [6, 6.07) is 0. The largest absolute Gasteiger partial charge is 0.363 e. The topological polar surface area (TPSA) is 24.1 Å². The Morgan fingerprint density at radius 3 is 2.12 bits per heavy atom. The summed E-state index contributed by atoms with van der Waals surface area (Å²) >= 11 is 5.28. The smallest absolute Gasteiger partial charge is 0.166 e. The molecule has 0 atom stereocenters. The minimum absolute atomic E-state index is 0.0501. The van der Waals surface area contributed by atoms with Gasteiger partial charge in [-0.15, -0.1) is 0 Å². The molecule has 0 heterocycles. The van der Waals surface area contributed by atoms with Crippen molar-refractivity contribution in [2.24, 2.45) is 5.41 Å². The summed E-state index contributed by atoms with van der Waals surface area (Å²) in [6.07, 6.45) is 3.46. The third-order valence-corrected chi connectivity index (χ3v) is 2.49. The van der Waals surface area contributed by atoms with E-state index in [9.17, 15) is 0 Å². The average Bonchev–Trinajstić information content (AvgIpc) is 1.98. The molecule has 0 aliphatic rings. The van der Waals surface area contributed by atoms with Crippen molar-refractivity contribution in [2.45, 2.75) is 66.3 Å². The molecule has 0 aliphatic carbocycles. The van der Waals surface area contributed by atoms with Gasteiger partial charge in [0.1, 0.15) is 0 Å². The second-order valence-corrected chi connectivity index (χ2v) is 6.76. The first-order valence-electron chi connectivity index (χ1n) is 6.22. The van der Waals surface area contributed by atoms with Gasteiger partial charge < -0.3 is 10.6 Å². The molecule has 96 valence electrons. The van der Waals surface area contributed by atoms with Gasteiger partial charge in [-0.2, -0.15) is 0 Å². The highest BCUT2D eigenvalue weighted by molar-refractivity contribution is 7.80. The predicted molar refractivity (Wildman–Crippen MR) is 76.8 cm³/mol. The van der Waals surface area contributed by atoms with E-state index in [1.165, 1.54) is 12.8 Å². The first-order valence-corrected chi connectivity index (χ1v) is 6.63. The van der Waals surface area contributed by atoms with E-state index in [1.54, 1.807) is 0 Å². The predicted octanol–water partition coefficient (Wildman–Crippen LogP) is 3.47. The summed E-state index contributed by atoms with van der Waals surface area (Å²) < 4.78 is 0. The zero-order valence-corrected chi connectivity index (χ0v) is 12.6. The lowest BCUT2D eigenvalue weighted by atomic mass is 9.82. The Morgan fingerprint density at radius 2 is 1.69 bits per heavy atom. The molecule has 0 aromatic rings. The fourth-order valence-corrected chi connectivity index (χ4v) is 2.48. The van der Waals surface area contributed by atoms with Crippen LogP contribution in [0.2, 0.25) is 0 Å². The number of thiocarbonyl (C=S) groups is 1. The van der Waals surface area contributed by atoms with Crippen LogP contribution in [-0.2, 0) is 0 Å². The van der Waals surface area contributed by atoms with E-state index >= 15 is 0 Å². The van der Waals surface area contributed by atoms with Gasteiger partial charge in [-0.3, -0.25) is 0 Å². The van der Waals surface area contributed by atoms with Crippen molar-refractivity contribution in [2.75, 3.05) is 6.54 Å². The summed E-state index contributed by atoms with van der Waals surface area (Å²) in [5, 5.41) is 7.42. The van der Waals surface area contributed by atoms with Crippen molar-refractivity contribution in [3.05, 3.63) is 0 Å². The Hall–Kier alpha value is -0.310. The molecule has 0 unspecified atom stereocenters. The summed E-state index contributed by atoms with van der Waals surface area (Å²) in [5.41, 5.74) is 0.365. The fraction of sp³-hybridized carbons (Fsp3) is 0.923. The third kappa shape index (κ3) is 8.96. The number of hydrogen-bond acceptors (Lipinski definition) is 1. The molecule has 0 bridgehead atoms. The van der Waals surface area contributed by atoms with Crippen LogP contribution in [0.25, 0.3) is 0 Å². The van der Waals surface area contributed by atoms with E-state index in [-0.39, 0.29) is 5.54 Å². The Kier molecular flexibility index (Phi) is 6.31. The molecule has 3 heteroatoms. The van der Waals surface area contributed by atoms with Crippen molar-refractivity contribution in [1.29, 1.82) is 0 Å². The first kappa shape index (κ1) is 15.7. The number of hydrogen-bond donors (Lipinski definition) is 2. The molecule has 0 aromatic heterocycles. The summed E-state index contributed by atoms with van der Waals surface area (Å²) in [5.74, 6) is 0. The zero-order valence-electron chi connectivity index (χ0n) is 11.7. The van der Waals surface area contributed by atoms with Gasteiger partial charge in [0.15, 0.2) is 5.11 Å². The SMILES string of the molecule is CCCCNC(=S)NC(C)(C)CC(C)(C)C. The van der Waals surface area contributed by atoms with Crippen LogP contribution in [0.4, 0.5) is 0 Å². The molecular formula is C13H28N2S. The van der Waals surface area contributed by atoms with Gasteiger partial charge in [0.2, 0.25) is 0 Å². The fourth-order valence-electron chi connectivity index (χ4n) is 2.10. The number of unbranched alkanes of at least 4 members (excludes halogenated alkanes) is 1. The van der Waals surface area contributed by atoms with Crippen LogP contribution in [-0.4, -0.2) is 17.2 Å². The molecule has 0 spiro atoms. The highest BCUT2D eigenvalue weighted by Crippen LogP contribution is 2.26. The van der Waals surface area contributed by atoms with E-state index < -0.39 is 0 Å². The van der Waals surface area contributed by atoms with E-state index in [4.69, 9.17) is 12.2 Å². The molecule has 0 saturated carbocycles. The molecule has 16 heavy (non-hydrogen) atoms. The second kappa shape index (κ2) is 6.43. The van der Waals surface area contributed by atoms with Gasteiger partial charge in [0.05, 0.1) is 0 Å². The van der Waals surface area contributed by atoms with Crippen molar-refractivity contribution >= 4 is 17.3 Å². The van der Waals surface area contributed by atoms with E-state index in [1.807, 2.05) is 0 Å². The van der Waals surface area contributed by atoms with Gasteiger partial charge in [-0.25, -0.2) is 0 Å². The van der Waals surface area contributed by atoms with Crippen LogP contribution >= 0.6 is 12.2 Å². The molecule has 0 amide bonds. The molecule has 0 saturated heterocycles. The highest BCUT2D eigenvalue weighted by Gasteiger charge is 2.25. The molecule has 2 N–H and O–H groups in total. The molecule has 2 nitrogen and oxygen atoms in total. The normalized spacial score (nSPS) is 12.4. The second-order valence-electron chi connectivity index (χ2n) is 6.36. The number of rotatable bonds is 5. The van der Waals surface area contributed by atoms with Crippen LogP contribution in [0.1, 0.15) is 60.8 Å². The molecule has 0 aromatic carbocycles. The van der Waals surface area contributed by atoms with Crippen molar-refractivity contribution in [3.8, 4) is 0 Å². The monoisotopic (exact) mass is 244 g/mol. The van der Waals surface area contributed by atoms with Gasteiger partial charge in [-0.1, -0.05) is 34.1 Å². The molecule has 0 aliphatic heterocycles. The van der Waals surface area contributed by atoms with E-state index in [0.717, 1.165) is 18.1 Å². The van der Waals surface area contributed by atoms with Gasteiger partial charge in [0, 0.05) is 12.1 Å². The van der Waals surface area contributed by atoms with Crippen molar-refractivity contribution < 1.29 is 0 Å². The summed E-state index contributed by atoms with van der Waals surface area (Å²) in [7, 11) is 0. The zero-order chi connectivity index (χ0) is 12.8. The quantitative estimate of drug-likeness (QED) is 0.572. The molecule has 0 rings (SSSR count). The standard InChI is InChI=1S/C13H28N2S/c1-7-8-9-14-11(16)15-13(5,6)10-12(2,3)4/h7-10H2,1-6H3,(H2,14,15,16). The van der Waals surface area contributed by atoms with E-state index in [2.05, 4.69) is 52.2 Å². The lowest BCUT2D eigenvalue weighted by molar-refractivity contribution is 0.266. The van der Waals surface area contributed by atoms with E-state index in [0.29, 0.717) is 5.41 Å². The Balaban J connectivity index is 4.00. The highest BCUT2D eigenvalue weighted by atomic mass is 32.1. The van der Waals surface area contributed by atoms with Crippen LogP contribution in [0, 0.1) is 5.41 Å². The number of nitrogens with one attached hydrogen (secondary N) is 2. The Morgan fingerprint density at radius 1 is 1.12 bits per heavy atom. The summed E-state index contributed by atoms with van der Waals surface area (Å²) in [6.45, 7) is 14.3. The first-order chi connectivity index (χ1) is 7.16.